The van der Waals surface area contributed by atoms with Gasteiger partial charge in [-0.2, -0.15) is 0 Å². The first-order valence-corrected chi connectivity index (χ1v) is 7.16. The van der Waals surface area contributed by atoms with Gasteiger partial charge in [0.25, 0.3) is 0 Å². The molecule has 0 saturated heterocycles. The lowest BCUT2D eigenvalue weighted by atomic mass is 10.1. The molecule has 3 rings (SSSR count). The summed E-state index contributed by atoms with van der Waals surface area (Å²) in [4.78, 5) is 16.0. The second kappa shape index (κ2) is 5.54. The summed E-state index contributed by atoms with van der Waals surface area (Å²) in [6.07, 6.45) is 0.773. The molecule has 0 unspecified atom stereocenters. The van der Waals surface area contributed by atoms with Gasteiger partial charge < -0.3 is 9.47 Å². The van der Waals surface area contributed by atoms with Crippen LogP contribution in [0.2, 0.25) is 0 Å². The quantitative estimate of drug-likeness (QED) is 0.688. The number of rotatable bonds is 4. The SMILES string of the molecule is COc1cc(OC)c2sc(-c3ccccc3)nc2c1C=O. The summed E-state index contributed by atoms with van der Waals surface area (Å²) in [5.41, 5.74) is 2.08. The molecule has 0 fully saturated rings. The topological polar surface area (TPSA) is 48.4 Å². The van der Waals surface area contributed by atoms with Gasteiger partial charge in [0, 0.05) is 11.6 Å². The fourth-order valence-corrected chi connectivity index (χ4v) is 3.27. The number of fused-ring (bicyclic) bond motifs is 1. The van der Waals surface area contributed by atoms with Crippen molar-refractivity contribution in [1.82, 2.24) is 4.98 Å². The lowest BCUT2D eigenvalue weighted by molar-refractivity contribution is 0.112. The van der Waals surface area contributed by atoms with Gasteiger partial charge in [-0.05, 0) is 0 Å². The summed E-state index contributed by atoms with van der Waals surface area (Å²) in [7, 11) is 3.12. The zero-order valence-corrected chi connectivity index (χ0v) is 12.4. The highest BCUT2D eigenvalue weighted by molar-refractivity contribution is 7.22. The Labute approximate surface area is 126 Å². The molecule has 0 bridgehead atoms. The number of aldehydes is 1. The van der Waals surface area contributed by atoms with Crippen LogP contribution in [0, 0.1) is 0 Å². The molecule has 106 valence electrons. The van der Waals surface area contributed by atoms with E-state index in [1.165, 1.54) is 18.4 Å². The molecule has 0 aliphatic carbocycles. The summed E-state index contributed by atoms with van der Waals surface area (Å²) >= 11 is 1.50. The third-order valence-electron chi connectivity index (χ3n) is 3.21. The van der Waals surface area contributed by atoms with Crippen molar-refractivity contribution >= 4 is 27.8 Å². The predicted octanol–water partition coefficient (Wildman–Crippen LogP) is 3.79. The van der Waals surface area contributed by atoms with E-state index in [0.717, 1.165) is 21.6 Å². The highest BCUT2D eigenvalue weighted by atomic mass is 32.1. The molecule has 0 N–H and O–H groups in total. The van der Waals surface area contributed by atoms with E-state index in [1.54, 1.807) is 13.2 Å². The Morgan fingerprint density at radius 1 is 1.10 bits per heavy atom. The number of ether oxygens (including phenoxy) is 2. The first-order chi connectivity index (χ1) is 10.3. The molecule has 0 aliphatic heterocycles. The third-order valence-corrected chi connectivity index (χ3v) is 4.33. The van der Waals surface area contributed by atoms with Crippen molar-refractivity contribution in [1.29, 1.82) is 0 Å². The van der Waals surface area contributed by atoms with Gasteiger partial charge in [0.2, 0.25) is 0 Å². The first kappa shape index (κ1) is 13.6. The Kier molecular flexibility index (Phi) is 3.58. The highest BCUT2D eigenvalue weighted by Crippen LogP contribution is 2.40. The van der Waals surface area contributed by atoms with Crippen molar-refractivity contribution in [2.24, 2.45) is 0 Å². The lowest BCUT2D eigenvalue weighted by Crippen LogP contribution is -1.94. The Morgan fingerprint density at radius 3 is 2.43 bits per heavy atom. The van der Waals surface area contributed by atoms with Crippen molar-refractivity contribution in [2.45, 2.75) is 0 Å². The van der Waals surface area contributed by atoms with Gasteiger partial charge in [-0.1, -0.05) is 30.3 Å². The molecule has 4 nitrogen and oxygen atoms in total. The number of carbonyl (C=O) groups excluding carboxylic acids is 1. The molecule has 2 aromatic carbocycles. The summed E-state index contributed by atoms with van der Waals surface area (Å²) < 4.78 is 11.5. The molecule has 0 saturated carbocycles. The average Bonchev–Trinajstić information content (AvgIpc) is 2.99. The summed E-state index contributed by atoms with van der Waals surface area (Å²) in [6, 6.07) is 11.6. The van der Waals surface area contributed by atoms with Crippen LogP contribution < -0.4 is 9.47 Å². The molecule has 0 amide bonds. The minimum Gasteiger partial charge on any atom is -0.496 e. The maximum Gasteiger partial charge on any atom is 0.156 e. The van der Waals surface area contributed by atoms with Crippen LogP contribution in [0.3, 0.4) is 0 Å². The summed E-state index contributed by atoms with van der Waals surface area (Å²) in [5, 5.41) is 0.847. The lowest BCUT2D eigenvalue weighted by Gasteiger charge is -2.07. The normalized spacial score (nSPS) is 10.6. The molecule has 5 heteroatoms. The molecular weight excluding hydrogens is 286 g/mol. The van der Waals surface area contributed by atoms with Gasteiger partial charge in [-0.15, -0.1) is 11.3 Å². The maximum atomic E-state index is 11.4. The van der Waals surface area contributed by atoms with E-state index in [1.807, 2.05) is 30.3 Å². The number of methoxy groups -OCH3 is 2. The minimum absolute atomic E-state index is 0.451. The third kappa shape index (κ3) is 2.25. The molecule has 0 spiro atoms. The summed E-state index contributed by atoms with van der Waals surface area (Å²) in [6.45, 7) is 0. The van der Waals surface area contributed by atoms with Crippen molar-refractivity contribution < 1.29 is 14.3 Å². The number of nitrogens with zero attached hydrogens (tertiary/aromatic N) is 1. The van der Waals surface area contributed by atoms with E-state index in [4.69, 9.17) is 9.47 Å². The van der Waals surface area contributed by atoms with E-state index < -0.39 is 0 Å². The van der Waals surface area contributed by atoms with Crippen molar-refractivity contribution in [3.63, 3.8) is 0 Å². The molecule has 3 aromatic rings. The monoisotopic (exact) mass is 299 g/mol. The number of carbonyl (C=O) groups is 1. The van der Waals surface area contributed by atoms with Crippen LogP contribution in [0.4, 0.5) is 0 Å². The largest absolute Gasteiger partial charge is 0.496 e. The molecule has 1 aromatic heterocycles. The van der Waals surface area contributed by atoms with Crippen LogP contribution >= 0.6 is 11.3 Å². The number of thiazole rings is 1. The molecule has 21 heavy (non-hydrogen) atoms. The van der Waals surface area contributed by atoms with Gasteiger partial charge in [0.15, 0.2) is 6.29 Å². The molecule has 0 atom stereocenters. The van der Waals surface area contributed by atoms with Crippen molar-refractivity contribution in [2.75, 3.05) is 14.2 Å². The maximum absolute atomic E-state index is 11.4. The van der Waals surface area contributed by atoms with Gasteiger partial charge in [-0.3, -0.25) is 4.79 Å². The molecular formula is C16H13NO3S. The summed E-state index contributed by atoms with van der Waals surface area (Å²) in [5.74, 6) is 1.13. The predicted molar refractivity (Wildman–Crippen MR) is 83.5 cm³/mol. The van der Waals surface area contributed by atoms with E-state index in [2.05, 4.69) is 4.98 Å². The van der Waals surface area contributed by atoms with E-state index in [-0.39, 0.29) is 0 Å². The molecule has 0 aliphatic rings. The minimum atomic E-state index is 0.451. The van der Waals surface area contributed by atoms with Crippen LogP contribution in [0.1, 0.15) is 10.4 Å². The smallest absolute Gasteiger partial charge is 0.156 e. The Balaban J connectivity index is 2.31. The fraction of sp³-hybridized carbons (Fsp3) is 0.125. The average molecular weight is 299 g/mol. The van der Waals surface area contributed by atoms with Crippen molar-refractivity contribution in [3.05, 3.63) is 42.0 Å². The van der Waals surface area contributed by atoms with Crippen molar-refractivity contribution in [3.8, 4) is 22.1 Å². The van der Waals surface area contributed by atoms with Crippen LogP contribution in [0.25, 0.3) is 20.8 Å². The Morgan fingerprint density at radius 2 is 1.81 bits per heavy atom. The van der Waals surface area contributed by atoms with E-state index in [0.29, 0.717) is 22.6 Å². The standard InChI is InChI=1S/C16H13NO3S/c1-19-12-8-13(20-2)15-14(11(12)9-18)17-16(21-15)10-6-4-3-5-7-10/h3-9H,1-2H3. The van der Waals surface area contributed by atoms with Gasteiger partial charge in [0.1, 0.15) is 16.5 Å². The van der Waals surface area contributed by atoms with Crippen LogP contribution in [0.5, 0.6) is 11.5 Å². The van der Waals surface area contributed by atoms with Crippen LogP contribution in [-0.2, 0) is 0 Å². The first-order valence-electron chi connectivity index (χ1n) is 6.34. The fourth-order valence-electron chi connectivity index (χ4n) is 2.19. The highest BCUT2D eigenvalue weighted by Gasteiger charge is 2.18. The number of hydrogen-bond donors (Lipinski definition) is 0. The Bertz CT molecular complexity index is 796. The number of hydrogen-bond acceptors (Lipinski definition) is 5. The van der Waals surface area contributed by atoms with Gasteiger partial charge in [-0.25, -0.2) is 4.98 Å². The zero-order chi connectivity index (χ0) is 14.8. The molecule has 1 heterocycles. The molecule has 0 radical (unpaired) electrons. The van der Waals surface area contributed by atoms with Crippen LogP contribution in [-0.4, -0.2) is 25.5 Å². The number of benzene rings is 2. The zero-order valence-electron chi connectivity index (χ0n) is 11.6. The second-order valence-electron chi connectivity index (χ2n) is 4.38. The van der Waals surface area contributed by atoms with E-state index >= 15 is 0 Å². The van der Waals surface area contributed by atoms with E-state index in [9.17, 15) is 4.79 Å². The number of aromatic nitrogens is 1. The van der Waals surface area contributed by atoms with Crippen LogP contribution in [0.15, 0.2) is 36.4 Å². The van der Waals surface area contributed by atoms with Gasteiger partial charge in [0.05, 0.1) is 30.0 Å². The van der Waals surface area contributed by atoms with Gasteiger partial charge >= 0.3 is 0 Å². The second-order valence-corrected chi connectivity index (χ2v) is 5.37. The Hall–Kier alpha value is -2.40.